The van der Waals surface area contributed by atoms with Crippen LogP contribution in [0.4, 0.5) is 0 Å². The van der Waals surface area contributed by atoms with Crippen molar-refractivity contribution < 1.29 is 14.4 Å². The Bertz CT molecular complexity index is 608. The van der Waals surface area contributed by atoms with Crippen LogP contribution in [0.3, 0.4) is 0 Å². The van der Waals surface area contributed by atoms with Crippen molar-refractivity contribution in [2.45, 2.75) is 45.1 Å². The minimum atomic E-state index is -0.203. The number of carbonyl (C=O) groups excluding carboxylic acids is 3. The number of nitrogens with one attached hydrogen (secondary N) is 1. The molecular weight excluding hydrogens is 306 g/mol. The molecule has 1 saturated carbocycles. The first-order valence-corrected chi connectivity index (χ1v) is 8.63. The molecule has 0 spiro atoms. The second-order valence-corrected chi connectivity index (χ2v) is 6.62. The molecule has 6 heteroatoms. The van der Waals surface area contributed by atoms with Crippen LogP contribution in [0, 0.1) is 11.8 Å². The molecule has 1 aromatic rings. The van der Waals surface area contributed by atoms with E-state index in [0.29, 0.717) is 0 Å². The Kier molecular flexibility index (Phi) is 4.92. The van der Waals surface area contributed by atoms with Crippen molar-refractivity contribution in [3.63, 3.8) is 0 Å². The van der Waals surface area contributed by atoms with Crippen molar-refractivity contribution in [2.75, 3.05) is 6.54 Å². The lowest BCUT2D eigenvalue weighted by atomic mass is 9.81. The molecule has 24 heavy (non-hydrogen) atoms. The SMILES string of the molecule is CC(NC(=O)CCN1C(=O)C2CCCCC2C1=O)c1ccccn1. The summed E-state index contributed by atoms with van der Waals surface area (Å²) in [7, 11) is 0. The Labute approximate surface area is 141 Å². The zero-order chi connectivity index (χ0) is 17.1. The Morgan fingerprint density at radius 1 is 1.25 bits per heavy atom. The topological polar surface area (TPSA) is 79.4 Å². The van der Waals surface area contributed by atoms with Gasteiger partial charge in [-0.2, -0.15) is 0 Å². The van der Waals surface area contributed by atoms with E-state index in [2.05, 4.69) is 10.3 Å². The van der Waals surface area contributed by atoms with Crippen LogP contribution in [0.1, 0.15) is 50.8 Å². The van der Waals surface area contributed by atoms with Crippen molar-refractivity contribution in [1.29, 1.82) is 0 Å². The molecule has 1 saturated heterocycles. The minimum absolute atomic E-state index is 0.0877. The van der Waals surface area contributed by atoms with Crippen LogP contribution in [0.5, 0.6) is 0 Å². The normalized spacial score (nSPS) is 24.6. The van der Waals surface area contributed by atoms with E-state index in [1.165, 1.54) is 4.90 Å². The van der Waals surface area contributed by atoms with Gasteiger partial charge in [-0.05, 0) is 31.9 Å². The highest BCUT2D eigenvalue weighted by Gasteiger charge is 2.47. The van der Waals surface area contributed by atoms with Crippen molar-refractivity contribution in [2.24, 2.45) is 11.8 Å². The molecule has 3 atom stereocenters. The second kappa shape index (κ2) is 7.11. The second-order valence-electron chi connectivity index (χ2n) is 6.62. The fourth-order valence-corrected chi connectivity index (χ4v) is 3.68. The van der Waals surface area contributed by atoms with Gasteiger partial charge in [0.25, 0.3) is 0 Å². The smallest absolute Gasteiger partial charge is 0.233 e. The molecular formula is C18H23N3O3. The van der Waals surface area contributed by atoms with E-state index in [-0.39, 0.29) is 48.6 Å². The van der Waals surface area contributed by atoms with E-state index in [1.54, 1.807) is 6.20 Å². The lowest BCUT2D eigenvalue weighted by Gasteiger charge is -2.19. The summed E-state index contributed by atoms with van der Waals surface area (Å²) in [6, 6.07) is 5.34. The molecule has 0 aromatic carbocycles. The number of hydrogen-bond acceptors (Lipinski definition) is 4. The lowest BCUT2D eigenvalue weighted by molar-refractivity contribution is -0.140. The van der Waals surface area contributed by atoms with Crippen molar-refractivity contribution >= 4 is 17.7 Å². The predicted molar refractivity (Wildman–Crippen MR) is 87.6 cm³/mol. The van der Waals surface area contributed by atoms with Gasteiger partial charge in [-0.1, -0.05) is 18.9 Å². The van der Waals surface area contributed by atoms with Crippen molar-refractivity contribution in [3.05, 3.63) is 30.1 Å². The van der Waals surface area contributed by atoms with Gasteiger partial charge in [-0.3, -0.25) is 24.3 Å². The molecule has 1 N–H and O–H groups in total. The van der Waals surface area contributed by atoms with E-state index in [1.807, 2.05) is 25.1 Å². The molecule has 2 fully saturated rings. The van der Waals surface area contributed by atoms with E-state index >= 15 is 0 Å². The number of rotatable bonds is 5. The summed E-state index contributed by atoms with van der Waals surface area (Å²) in [4.78, 5) is 42.4. The van der Waals surface area contributed by atoms with Gasteiger partial charge in [0.2, 0.25) is 17.7 Å². The average molecular weight is 329 g/mol. The molecule has 2 heterocycles. The van der Waals surface area contributed by atoms with Gasteiger partial charge in [0, 0.05) is 19.2 Å². The van der Waals surface area contributed by atoms with Crippen LogP contribution in [-0.4, -0.2) is 34.2 Å². The highest BCUT2D eigenvalue weighted by molar-refractivity contribution is 6.05. The number of fused-ring (bicyclic) bond motifs is 1. The molecule has 3 unspecified atom stereocenters. The molecule has 3 rings (SSSR count). The zero-order valence-electron chi connectivity index (χ0n) is 13.9. The lowest BCUT2D eigenvalue weighted by Crippen LogP contribution is -2.36. The molecule has 1 aromatic heterocycles. The van der Waals surface area contributed by atoms with E-state index in [4.69, 9.17) is 0 Å². The maximum atomic E-state index is 12.4. The summed E-state index contributed by atoms with van der Waals surface area (Å²) >= 11 is 0. The van der Waals surface area contributed by atoms with Crippen molar-refractivity contribution in [1.82, 2.24) is 15.2 Å². The summed E-state index contributed by atoms with van der Waals surface area (Å²) in [6.45, 7) is 2.03. The summed E-state index contributed by atoms with van der Waals surface area (Å²) in [6.07, 6.45) is 5.44. The van der Waals surface area contributed by atoms with Gasteiger partial charge in [0.05, 0.1) is 23.6 Å². The number of amides is 3. The van der Waals surface area contributed by atoms with Gasteiger partial charge < -0.3 is 5.32 Å². The molecule has 0 radical (unpaired) electrons. The van der Waals surface area contributed by atoms with Gasteiger partial charge in [0.1, 0.15) is 0 Å². The van der Waals surface area contributed by atoms with E-state index in [9.17, 15) is 14.4 Å². The third-order valence-electron chi connectivity index (χ3n) is 5.00. The zero-order valence-corrected chi connectivity index (χ0v) is 13.9. The quantitative estimate of drug-likeness (QED) is 0.836. The van der Waals surface area contributed by atoms with E-state index in [0.717, 1.165) is 31.4 Å². The molecule has 1 aliphatic heterocycles. The fraction of sp³-hybridized carbons (Fsp3) is 0.556. The molecule has 0 bridgehead atoms. The van der Waals surface area contributed by atoms with Crippen LogP contribution < -0.4 is 5.32 Å². The first-order chi connectivity index (χ1) is 11.6. The number of nitrogens with zero attached hydrogens (tertiary/aromatic N) is 2. The standard InChI is InChI=1S/C18H23N3O3/c1-12(15-8-4-5-10-19-15)20-16(22)9-11-21-17(23)13-6-2-3-7-14(13)18(21)24/h4-5,8,10,12-14H,2-3,6-7,9,11H2,1H3,(H,20,22). The fourth-order valence-electron chi connectivity index (χ4n) is 3.68. The van der Waals surface area contributed by atoms with Crippen LogP contribution in [-0.2, 0) is 14.4 Å². The summed E-state index contributed by atoms with van der Waals surface area (Å²) in [5.74, 6) is -0.655. The number of imide groups is 1. The van der Waals surface area contributed by atoms with Crippen LogP contribution in [0.15, 0.2) is 24.4 Å². The highest BCUT2D eigenvalue weighted by atomic mass is 16.2. The van der Waals surface area contributed by atoms with Gasteiger partial charge in [0.15, 0.2) is 0 Å². The van der Waals surface area contributed by atoms with Gasteiger partial charge >= 0.3 is 0 Å². The Morgan fingerprint density at radius 2 is 1.92 bits per heavy atom. The molecule has 128 valence electrons. The number of hydrogen-bond donors (Lipinski definition) is 1. The third kappa shape index (κ3) is 3.32. The van der Waals surface area contributed by atoms with Gasteiger partial charge in [-0.25, -0.2) is 0 Å². The monoisotopic (exact) mass is 329 g/mol. The summed E-state index contributed by atoms with van der Waals surface area (Å²) in [5.41, 5.74) is 0.783. The van der Waals surface area contributed by atoms with Crippen LogP contribution in [0.25, 0.3) is 0 Å². The summed E-state index contributed by atoms with van der Waals surface area (Å²) in [5, 5.41) is 2.86. The maximum Gasteiger partial charge on any atom is 0.233 e. The molecule has 6 nitrogen and oxygen atoms in total. The first kappa shape index (κ1) is 16.6. The number of likely N-dealkylation sites (tertiary alicyclic amines) is 1. The minimum Gasteiger partial charge on any atom is -0.348 e. The Balaban J connectivity index is 1.53. The number of aromatic nitrogens is 1. The molecule has 3 amide bonds. The largest absolute Gasteiger partial charge is 0.348 e. The Hall–Kier alpha value is -2.24. The van der Waals surface area contributed by atoms with Crippen LogP contribution >= 0.6 is 0 Å². The number of carbonyl (C=O) groups is 3. The van der Waals surface area contributed by atoms with Crippen LogP contribution in [0.2, 0.25) is 0 Å². The highest BCUT2D eigenvalue weighted by Crippen LogP contribution is 2.37. The number of pyridine rings is 1. The Morgan fingerprint density at radius 3 is 2.50 bits per heavy atom. The van der Waals surface area contributed by atoms with Gasteiger partial charge in [-0.15, -0.1) is 0 Å². The first-order valence-electron chi connectivity index (χ1n) is 8.63. The van der Waals surface area contributed by atoms with Crippen molar-refractivity contribution in [3.8, 4) is 0 Å². The average Bonchev–Trinajstić information content (AvgIpc) is 2.85. The molecule has 2 aliphatic rings. The third-order valence-corrected chi connectivity index (χ3v) is 5.00. The van der Waals surface area contributed by atoms with E-state index < -0.39 is 0 Å². The molecule has 1 aliphatic carbocycles. The predicted octanol–water partition coefficient (Wildman–Crippen LogP) is 1.82. The maximum absolute atomic E-state index is 12.4. The summed E-state index contributed by atoms with van der Waals surface area (Å²) < 4.78 is 0.